The molecule has 9 nitrogen and oxygen atoms in total. The number of alkyl halides is 3. The zero-order valence-corrected chi connectivity index (χ0v) is 25.4. The SMILES string of the molecule is C[C@@H]1CN(c2cc(F)c(-c3ncc(C(=O)NC4CCCCC4)s3)cc2NC(=O)C2C=NC(=O)C=C2C(F)(F)F)C[C@H](C)N1C. The first-order valence-electron chi connectivity index (χ1n) is 14.6. The third-order valence-electron chi connectivity index (χ3n) is 8.52. The topological polar surface area (TPSA) is 107 Å². The zero-order valence-electron chi connectivity index (χ0n) is 24.6. The molecule has 2 fully saturated rings. The molecular weight excluding hydrogens is 600 g/mol. The Morgan fingerprint density at radius 2 is 1.75 bits per heavy atom. The van der Waals surface area contributed by atoms with Gasteiger partial charge in [-0.3, -0.25) is 19.3 Å². The van der Waals surface area contributed by atoms with Crippen LogP contribution in [0.25, 0.3) is 10.6 Å². The van der Waals surface area contributed by atoms with Crippen LogP contribution in [0.15, 0.2) is 35.0 Å². The molecule has 44 heavy (non-hydrogen) atoms. The molecule has 3 atom stereocenters. The minimum atomic E-state index is -4.95. The van der Waals surface area contributed by atoms with Crippen molar-refractivity contribution in [1.82, 2.24) is 15.2 Å². The van der Waals surface area contributed by atoms with Gasteiger partial charge >= 0.3 is 6.18 Å². The van der Waals surface area contributed by atoms with E-state index in [1.807, 2.05) is 25.8 Å². The highest BCUT2D eigenvalue weighted by atomic mass is 32.1. The molecule has 3 aliphatic rings. The monoisotopic (exact) mass is 634 g/mol. The molecule has 3 amide bonds. The predicted octanol–water partition coefficient (Wildman–Crippen LogP) is 5.19. The van der Waals surface area contributed by atoms with E-state index in [1.54, 1.807) is 0 Å². The van der Waals surface area contributed by atoms with Gasteiger partial charge in [0.1, 0.15) is 21.6 Å². The van der Waals surface area contributed by atoms with Crippen LogP contribution in [0, 0.1) is 11.7 Å². The summed E-state index contributed by atoms with van der Waals surface area (Å²) in [6.45, 7) is 4.94. The van der Waals surface area contributed by atoms with Gasteiger partial charge in [0, 0.05) is 55.1 Å². The Kier molecular flexibility index (Phi) is 9.21. The van der Waals surface area contributed by atoms with Crippen LogP contribution >= 0.6 is 11.3 Å². The number of rotatable bonds is 6. The van der Waals surface area contributed by atoms with Crippen molar-refractivity contribution in [1.29, 1.82) is 0 Å². The Morgan fingerprint density at radius 1 is 1.07 bits per heavy atom. The third-order valence-corrected chi connectivity index (χ3v) is 9.55. The normalized spacial score (nSPS) is 23.4. The largest absolute Gasteiger partial charge is 0.414 e. The maximum absolute atomic E-state index is 15.8. The highest BCUT2D eigenvalue weighted by Gasteiger charge is 2.43. The number of hydrogen-bond acceptors (Lipinski definition) is 7. The average molecular weight is 635 g/mol. The predicted molar refractivity (Wildman–Crippen MR) is 161 cm³/mol. The Hall–Kier alpha value is -3.65. The molecular formula is C30H34F4N6O3S. The van der Waals surface area contributed by atoms with E-state index < -0.39 is 35.3 Å². The summed E-state index contributed by atoms with van der Waals surface area (Å²) >= 11 is 0.986. The molecule has 1 aliphatic carbocycles. The number of likely N-dealkylation sites (N-methyl/N-ethyl adjacent to an activating group) is 1. The fraction of sp³-hybridized carbons (Fsp3) is 0.500. The van der Waals surface area contributed by atoms with E-state index >= 15 is 4.39 Å². The number of piperazine rings is 1. The molecule has 1 aromatic heterocycles. The lowest BCUT2D eigenvalue weighted by Gasteiger charge is -2.44. The molecule has 3 heterocycles. The molecule has 0 spiro atoms. The second kappa shape index (κ2) is 12.8. The van der Waals surface area contributed by atoms with Crippen molar-refractivity contribution in [2.75, 3.05) is 30.4 Å². The van der Waals surface area contributed by atoms with E-state index in [-0.39, 0.29) is 40.3 Å². The second-order valence-corrected chi connectivity index (χ2v) is 12.7. The summed E-state index contributed by atoms with van der Waals surface area (Å²) in [7, 11) is 1.97. The minimum Gasteiger partial charge on any atom is -0.367 e. The Labute approximate surface area is 256 Å². The van der Waals surface area contributed by atoms with Gasteiger partial charge in [-0.25, -0.2) is 14.4 Å². The van der Waals surface area contributed by atoms with Crippen LogP contribution in [-0.4, -0.2) is 78.3 Å². The fourth-order valence-electron chi connectivity index (χ4n) is 5.86. The lowest BCUT2D eigenvalue weighted by atomic mass is 9.95. The number of dihydropyridines is 1. The van der Waals surface area contributed by atoms with Gasteiger partial charge in [-0.05, 0) is 39.8 Å². The first-order chi connectivity index (χ1) is 20.8. The molecule has 1 saturated heterocycles. The average Bonchev–Trinajstić information content (AvgIpc) is 3.47. The van der Waals surface area contributed by atoms with Crippen molar-refractivity contribution >= 4 is 46.6 Å². The lowest BCUT2D eigenvalue weighted by molar-refractivity contribution is -0.124. The van der Waals surface area contributed by atoms with Crippen molar-refractivity contribution in [3.8, 4) is 10.6 Å². The summed E-state index contributed by atoms with van der Waals surface area (Å²) < 4.78 is 57.0. The van der Waals surface area contributed by atoms with Gasteiger partial charge in [0.15, 0.2) is 0 Å². The Bertz CT molecular complexity index is 1490. The summed E-state index contributed by atoms with van der Waals surface area (Å²) in [5, 5.41) is 5.74. The second-order valence-electron chi connectivity index (χ2n) is 11.6. The molecule has 2 aliphatic heterocycles. The minimum absolute atomic E-state index is 0.0138. The van der Waals surface area contributed by atoms with Gasteiger partial charge in [-0.15, -0.1) is 11.3 Å². The summed E-state index contributed by atoms with van der Waals surface area (Å²) in [6.07, 6.45) is 2.40. The van der Waals surface area contributed by atoms with Crippen molar-refractivity contribution in [3.05, 3.63) is 40.7 Å². The maximum Gasteiger partial charge on any atom is 0.414 e. The number of carbonyl (C=O) groups is 3. The van der Waals surface area contributed by atoms with Crippen LogP contribution in [0.3, 0.4) is 0 Å². The number of thiazole rings is 1. The first kappa shape index (κ1) is 31.8. The van der Waals surface area contributed by atoms with Crippen LogP contribution in [-0.2, 0) is 9.59 Å². The van der Waals surface area contributed by atoms with Crippen LogP contribution in [0.1, 0.15) is 55.6 Å². The molecule has 1 saturated carbocycles. The number of aliphatic imine (C=N–C) groups is 1. The Morgan fingerprint density at radius 3 is 2.41 bits per heavy atom. The number of hydrogen-bond donors (Lipinski definition) is 2. The lowest BCUT2D eigenvalue weighted by Crippen LogP contribution is -2.55. The number of amides is 3. The molecule has 2 aromatic rings. The molecule has 2 N–H and O–H groups in total. The van der Waals surface area contributed by atoms with E-state index in [1.165, 1.54) is 18.3 Å². The number of halogens is 4. The number of anilines is 2. The smallest absolute Gasteiger partial charge is 0.367 e. The summed E-state index contributed by atoms with van der Waals surface area (Å²) in [5.74, 6) is -5.03. The third kappa shape index (κ3) is 6.85. The van der Waals surface area contributed by atoms with E-state index in [4.69, 9.17) is 0 Å². The Balaban J connectivity index is 1.48. The van der Waals surface area contributed by atoms with Gasteiger partial charge in [0.2, 0.25) is 5.91 Å². The number of carbonyl (C=O) groups excluding carboxylic acids is 3. The molecule has 0 radical (unpaired) electrons. The number of aromatic nitrogens is 1. The highest BCUT2D eigenvalue weighted by molar-refractivity contribution is 7.16. The highest BCUT2D eigenvalue weighted by Crippen LogP contribution is 2.39. The number of benzene rings is 1. The van der Waals surface area contributed by atoms with Gasteiger partial charge < -0.3 is 15.5 Å². The van der Waals surface area contributed by atoms with E-state index in [0.29, 0.717) is 35.9 Å². The van der Waals surface area contributed by atoms with Gasteiger partial charge in [-0.1, -0.05) is 19.3 Å². The molecule has 0 bridgehead atoms. The van der Waals surface area contributed by atoms with E-state index in [0.717, 1.165) is 43.4 Å². The van der Waals surface area contributed by atoms with Crippen molar-refractivity contribution < 1.29 is 31.9 Å². The van der Waals surface area contributed by atoms with Gasteiger partial charge in [0.25, 0.3) is 11.8 Å². The standard InChI is InChI=1S/C30H34F4N6O3S/c1-16-14-40(15-17(2)39(16)3)24-11-22(31)19(29-36-13-25(44-29)28(43)37-18-7-5-4-6-8-18)9-23(24)38-27(42)20-12-35-26(41)10-21(20)30(32,33)34/h9-13,16-18,20H,4-8,14-15H2,1-3H3,(H,37,43)(H,38,42)/t16-,17+,20?. The van der Waals surface area contributed by atoms with Gasteiger partial charge in [0.05, 0.1) is 23.1 Å². The fourth-order valence-corrected chi connectivity index (χ4v) is 6.70. The maximum atomic E-state index is 15.8. The van der Waals surface area contributed by atoms with E-state index in [9.17, 15) is 27.6 Å². The summed E-state index contributed by atoms with van der Waals surface area (Å²) in [4.78, 5) is 49.8. The van der Waals surface area contributed by atoms with Crippen molar-refractivity contribution in [3.63, 3.8) is 0 Å². The van der Waals surface area contributed by atoms with Crippen LogP contribution in [0.5, 0.6) is 0 Å². The summed E-state index contributed by atoms with van der Waals surface area (Å²) in [6, 6.07) is 2.76. The first-order valence-corrected chi connectivity index (χ1v) is 15.4. The van der Waals surface area contributed by atoms with Gasteiger partial charge in [-0.2, -0.15) is 13.2 Å². The van der Waals surface area contributed by atoms with Crippen LogP contribution in [0.2, 0.25) is 0 Å². The number of nitrogens with one attached hydrogen (secondary N) is 2. The zero-order chi connectivity index (χ0) is 31.8. The molecule has 1 aromatic carbocycles. The van der Waals surface area contributed by atoms with Crippen LogP contribution in [0.4, 0.5) is 28.9 Å². The number of nitrogens with zero attached hydrogens (tertiary/aromatic N) is 4. The van der Waals surface area contributed by atoms with Crippen molar-refractivity contribution in [2.24, 2.45) is 10.9 Å². The van der Waals surface area contributed by atoms with E-state index in [2.05, 4.69) is 25.5 Å². The molecule has 236 valence electrons. The molecule has 14 heteroatoms. The molecule has 5 rings (SSSR count). The van der Waals surface area contributed by atoms with Crippen molar-refractivity contribution in [2.45, 2.75) is 70.3 Å². The van der Waals surface area contributed by atoms with Crippen LogP contribution < -0.4 is 15.5 Å². The molecule has 1 unspecified atom stereocenters. The summed E-state index contributed by atoms with van der Waals surface area (Å²) in [5.41, 5.74) is -0.987. The quantitative estimate of drug-likeness (QED) is 0.424.